The molecule has 1 amide bonds. The zero-order valence-corrected chi connectivity index (χ0v) is 14.9. The van der Waals surface area contributed by atoms with Crippen molar-refractivity contribution in [3.8, 4) is 0 Å². The summed E-state index contributed by atoms with van der Waals surface area (Å²) in [5.41, 5.74) is 1.07. The summed E-state index contributed by atoms with van der Waals surface area (Å²) in [5.74, 6) is 0.316. The number of carbonyl (C=O) groups is 1. The van der Waals surface area contributed by atoms with E-state index in [1.165, 1.54) is 29.6 Å². The van der Waals surface area contributed by atoms with Gasteiger partial charge in [-0.3, -0.25) is 9.10 Å². The lowest BCUT2D eigenvalue weighted by Gasteiger charge is -2.23. The van der Waals surface area contributed by atoms with Crippen molar-refractivity contribution in [1.82, 2.24) is 0 Å². The maximum Gasteiger partial charge on any atom is 0.264 e. The minimum Gasteiger partial charge on any atom is -0.467 e. The van der Waals surface area contributed by atoms with Gasteiger partial charge in [-0.1, -0.05) is 18.2 Å². The Balaban J connectivity index is 1.97. The molecule has 3 rings (SSSR count). The third-order valence-corrected chi connectivity index (χ3v) is 5.47. The van der Waals surface area contributed by atoms with Gasteiger partial charge in [0.05, 0.1) is 23.4 Å². The number of carbonyl (C=O) groups excluding carboxylic acids is 1. The molecule has 26 heavy (non-hydrogen) atoms. The predicted molar refractivity (Wildman–Crippen MR) is 99.3 cm³/mol. The Kier molecular flexibility index (Phi) is 5.09. The standard InChI is InChI=1S/C19H18N2O4S/c1-15(22)20-16-9-11-19(12-10-16)26(23,24)21(14-18-8-5-13-25-18)17-6-3-2-4-7-17/h2-13H,14H2,1H3,(H,20,22). The molecule has 1 aromatic heterocycles. The van der Waals surface area contributed by atoms with Crippen molar-refractivity contribution in [3.63, 3.8) is 0 Å². The monoisotopic (exact) mass is 370 g/mol. The zero-order chi connectivity index (χ0) is 18.6. The minimum absolute atomic E-state index is 0.0762. The molecule has 0 aliphatic rings. The van der Waals surface area contributed by atoms with Crippen molar-refractivity contribution in [1.29, 1.82) is 0 Å². The van der Waals surface area contributed by atoms with Crippen molar-refractivity contribution < 1.29 is 17.6 Å². The molecule has 0 radical (unpaired) electrons. The summed E-state index contributed by atoms with van der Waals surface area (Å²) < 4.78 is 33.0. The van der Waals surface area contributed by atoms with Crippen LogP contribution in [0.4, 0.5) is 11.4 Å². The van der Waals surface area contributed by atoms with Gasteiger partial charge < -0.3 is 9.73 Å². The Morgan fingerprint density at radius 2 is 1.69 bits per heavy atom. The van der Waals surface area contributed by atoms with E-state index in [-0.39, 0.29) is 17.3 Å². The molecule has 0 saturated carbocycles. The molecule has 134 valence electrons. The van der Waals surface area contributed by atoms with E-state index in [4.69, 9.17) is 4.42 Å². The van der Waals surface area contributed by atoms with Gasteiger partial charge in [-0.25, -0.2) is 8.42 Å². The van der Waals surface area contributed by atoms with E-state index in [1.54, 1.807) is 48.5 Å². The first kappa shape index (κ1) is 17.8. The third-order valence-electron chi connectivity index (χ3n) is 3.69. The molecule has 0 unspecified atom stereocenters. The van der Waals surface area contributed by atoms with Crippen LogP contribution in [-0.4, -0.2) is 14.3 Å². The van der Waals surface area contributed by atoms with Gasteiger partial charge in [0.15, 0.2) is 0 Å². The number of hydrogen-bond donors (Lipinski definition) is 1. The van der Waals surface area contributed by atoms with Gasteiger partial charge >= 0.3 is 0 Å². The second-order valence-electron chi connectivity index (χ2n) is 5.63. The summed E-state index contributed by atoms with van der Waals surface area (Å²) >= 11 is 0. The van der Waals surface area contributed by atoms with Gasteiger partial charge in [0.2, 0.25) is 5.91 Å². The van der Waals surface area contributed by atoms with Crippen LogP contribution in [0.3, 0.4) is 0 Å². The first-order valence-corrected chi connectivity index (χ1v) is 9.38. The summed E-state index contributed by atoms with van der Waals surface area (Å²) in [7, 11) is -3.81. The third kappa shape index (κ3) is 3.94. The summed E-state index contributed by atoms with van der Waals surface area (Å²) in [6.07, 6.45) is 1.51. The molecule has 0 bridgehead atoms. The van der Waals surface area contributed by atoms with Crippen LogP contribution in [0.5, 0.6) is 0 Å². The number of furan rings is 1. The summed E-state index contributed by atoms with van der Waals surface area (Å²) in [6.45, 7) is 1.47. The van der Waals surface area contributed by atoms with Crippen LogP contribution in [0.25, 0.3) is 0 Å². The topological polar surface area (TPSA) is 79.6 Å². The smallest absolute Gasteiger partial charge is 0.264 e. The van der Waals surface area contributed by atoms with Crippen LogP contribution in [0.2, 0.25) is 0 Å². The second-order valence-corrected chi connectivity index (χ2v) is 7.49. The van der Waals surface area contributed by atoms with Gasteiger partial charge in [-0.15, -0.1) is 0 Å². The quantitative estimate of drug-likeness (QED) is 0.718. The first-order chi connectivity index (χ1) is 12.5. The number of sulfonamides is 1. The highest BCUT2D eigenvalue weighted by molar-refractivity contribution is 7.92. The molecule has 0 aliphatic heterocycles. The Hall–Kier alpha value is -3.06. The van der Waals surface area contributed by atoms with Crippen LogP contribution in [0.1, 0.15) is 12.7 Å². The molecule has 0 saturated heterocycles. The van der Waals surface area contributed by atoms with Crippen molar-refractivity contribution >= 4 is 27.3 Å². The average molecular weight is 370 g/mol. The number of nitrogens with one attached hydrogen (secondary N) is 1. The predicted octanol–water partition coefficient (Wildman–Crippen LogP) is 3.63. The van der Waals surface area contributed by atoms with Crippen molar-refractivity contribution in [2.24, 2.45) is 0 Å². The number of para-hydroxylation sites is 1. The SMILES string of the molecule is CC(=O)Nc1ccc(S(=O)(=O)N(Cc2ccco2)c2ccccc2)cc1. The lowest BCUT2D eigenvalue weighted by Crippen LogP contribution is -2.30. The maximum absolute atomic E-state index is 13.2. The molecule has 0 fully saturated rings. The molecule has 0 atom stereocenters. The molecular formula is C19H18N2O4S. The highest BCUT2D eigenvalue weighted by Gasteiger charge is 2.26. The molecule has 7 heteroatoms. The molecular weight excluding hydrogens is 352 g/mol. The van der Waals surface area contributed by atoms with E-state index in [0.717, 1.165) is 0 Å². The molecule has 3 aromatic rings. The van der Waals surface area contributed by atoms with Crippen LogP contribution in [-0.2, 0) is 21.4 Å². The lowest BCUT2D eigenvalue weighted by molar-refractivity contribution is -0.114. The molecule has 0 aliphatic carbocycles. The Bertz CT molecular complexity index is 966. The van der Waals surface area contributed by atoms with E-state index in [2.05, 4.69) is 5.32 Å². The fourth-order valence-corrected chi connectivity index (χ4v) is 3.93. The summed E-state index contributed by atoms with van der Waals surface area (Å²) in [4.78, 5) is 11.2. The molecule has 2 aromatic carbocycles. The van der Waals surface area contributed by atoms with Crippen LogP contribution < -0.4 is 9.62 Å². The highest BCUT2D eigenvalue weighted by Crippen LogP contribution is 2.26. The second kappa shape index (κ2) is 7.45. The van der Waals surface area contributed by atoms with Crippen molar-refractivity contribution in [2.45, 2.75) is 18.4 Å². The summed E-state index contributed by atoms with van der Waals surface area (Å²) in [6, 6.07) is 18.3. The number of hydrogen-bond acceptors (Lipinski definition) is 4. The number of benzene rings is 2. The van der Waals surface area contributed by atoms with Crippen molar-refractivity contribution in [2.75, 3.05) is 9.62 Å². The van der Waals surface area contributed by atoms with Crippen LogP contribution in [0.15, 0.2) is 82.3 Å². The van der Waals surface area contributed by atoms with E-state index in [1.807, 2.05) is 6.07 Å². The summed E-state index contributed by atoms with van der Waals surface area (Å²) in [5, 5.41) is 2.62. The van der Waals surface area contributed by atoms with Gasteiger partial charge in [-0.2, -0.15) is 0 Å². The fraction of sp³-hybridized carbons (Fsp3) is 0.105. The lowest BCUT2D eigenvalue weighted by atomic mass is 10.3. The minimum atomic E-state index is -3.81. The van der Waals surface area contributed by atoms with E-state index in [9.17, 15) is 13.2 Å². The Labute approximate surface area is 152 Å². The molecule has 1 N–H and O–H groups in total. The van der Waals surface area contributed by atoms with E-state index < -0.39 is 10.0 Å². The van der Waals surface area contributed by atoms with Gasteiger partial charge in [0.1, 0.15) is 5.76 Å². The Morgan fingerprint density at radius 3 is 2.27 bits per heavy atom. The van der Waals surface area contributed by atoms with Crippen LogP contribution >= 0.6 is 0 Å². The highest BCUT2D eigenvalue weighted by atomic mass is 32.2. The van der Waals surface area contributed by atoms with Crippen molar-refractivity contribution in [3.05, 3.63) is 78.8 Å². The van der Waals surface area contributed by atoms with Gasteiger partial charge in [-0.05, 0) is 48.5 Å². The molecule has 1 heterocycles. The van der Waals surface area contributed by atoms with Gasteiger partial charge in [0.25, 0.3) is 10.0 Å². The first-order valence-electron chi connectivity index (χ1n) is 7.94. The average Bonchev–Trinajstić information content (AvgIpc) is 3.13. The van der Waals surface area contributed by atoms with E-state index in [0.29, 0.717) is 17.1 Å². The number of amides is 1. The van der Waals surface area contributed by atoms with Gasteiger partial charge in [0, 0.05) is 12.6 Å². The fourth-order valence-electron chi connectivity index (χ4n) is 2.49. The maximum atomic E-state index is 13.2. The van der Waals surface area contributed by atoms with Crippen LogP contribution in [0, 0.1) is 0 Å². The number of rotatable bonds is 6. The Morgan fingerprint density at radius 1 is 1.00 bits per heavy atom. The zero-order valence-electron chi connectivity index (χ0n) is 14.1. The number of anilines is 2. The molecule has 6 nitrogen and oxygen atoms in total. The van der Waals surface area contributed by atoms with E-state index >= 15 is 0 Å². The normalized spacial score (nSPS) is 11.1. The largest absolute Gasteiger partial charge is 0.467 e. The number of nitrogens with zero attached hydrogens (tertiary/aromatic N) is 1. The molecule has 0 spiro atoms.